The largest absolute Gasteiger partial charge is 0.356 e. The van der Waals surface area contributed by atoms with Crippen molar-refractivity contribution >= 4 is 29.9 Å². The van der Waals surface area contributed by atoms with Crippen LogP contribution in [0.1, 0.15) is 31.2 Å². The average molecular weight is 417 g/mol. The molecule has 0 saturated heterocycles. The first-order chi connectivity index (χ1) is 10.2. The van der Waals surface area contributed by atoms with E-state index in [2.05, 4.69) is 15.6 Å². The Bertz CT molecular complexity index is 507. The maximum atomic E-state index is 12.8. The second kappa shape index (κ2) is 7.62. The lowest BCUT2D eigenvalue weighted by Crippen LogP contribution is -2.41. The van der Waals surface area contributed by atoms with E-state index in [1.165, 1.54) is 37.8 Å². The molecule has 0 aromatic heterocycles. The number of hydrogen-bond donors (Lipinski definition) is 2. The van der Waals surface area contributed by atoms with Crippen LogP contribution in [-0.2, 0) is 6.42 Å². The molecule has 122 valence electrons. The Morgan fingerprint density at radius 2 is 1.91 bits per heavy atom. The van der Waals surface area contributed by atoms with Gasteiger partial charge in [-0.3, -0.25) is 4.99 Å². The molecule has 0 heterocycles. The Balaban J connectivity index is 0.00000176. The van der Waals surface area contributed by atoms with Crippen LogP contribution >= 0.6 is 24.0 Å². The molecule has 1 aromatic rings. The van der Waals surface area contributed by atoms with Gasteiger partial charge in [-0.2, -0.15) is 0 Å². The normalized spacial score (nSPS) is 19.3. The summed E-state index contributed by atoms with van der Waals surface area (Å²) in [6.07, 6.45) is 6.44. The summed E-state index contributed by atoms with van der Waals surface area (Å²) in [5, 5.41) is 6.81. The maximum Gasteiger partial charge on any atom is 0.191 e. The van der Waals surface area contributed by atoms with Gasteiger partial charge in [0.25, 0.3) is 0 Å². The number of aliphatic imine (C=N–C) groups is 1. The fraction of sp³-hybridized carbons (Fsp3) is 0.588. The van der Waals surface area contributed by atoms with Gasteiger partial charge in [-0.25, -0.2) is 4.39 Å². The number of benzene rings is 1. The molecule has 0 spiro atoms. The van der Waals surface area contributed by atoms with E-state index in [1.807, 2.05) is 19.2 Å². The summed E-state index contributed by atoms with van der Waals surface area (Å²) in [6, 6.07) is 6.68. The zero-order valence-electron chi connectivity index (χ0n) is 13.1. The number of guanidine groups is 1. The van der Waals surface area contributed by atoms with Crippen molar-refractivity contribution in [2.45, 2.75) is 32.1 Å². The van der Waals surface area contributed by atoms with E-state index in [1.54, 1.807) is 0 Å². The quantitative estimate of drug-likeness (QED) is 0.423. The summed E-state index contributed by atoms with van der Waals surface area (Å²) < 4.78 is 12.8. The molecule has 2 fully saturated rings. The molecule has 2 aliphatic rings. The molecule has 0 bridgehead atoms. The van der Waals surface area contributed by atoms with Crippen LogP contribution in [0, 0.1) is 17.2 Å². The van der Waals surface area contributed by atoms with Gasteiger partial charge in [0, 0.05) is 20.1 Å². The van der Waals surface area contributed by atoms with Gasteiger partial charge in [0.15, 0.2) is 5.96 Å². The molecule has 0 unspecified atom stereocenters. The summed E-state index contributed by atoms with van der Waals surface area (Å²) in [6.45, 7) is 1.86. The summed E-state index contributed by atoms with van der Waals surface area (Å²) in [4.78, 5) is 4.28. The van der Waals surface area contributed by atoms with E-state index >= 15 is 0 Å². The Hall–Kier alpha value is -0.850. The first-order valence-corrected chi connectivity index (χ1v) is 7.91. The highest BCUT2D eigenvalue weighted by molar-refractivity contribution is 14.0. The highest BCUT2D eigenvalue weighted by atomic mass is 127. The molecule has 2 saturated carbocycles. The molecule has 0 radical (unpaired) electrons. The molecule has 2 N–H and O–H groups in total. The van der Waals surface area contributed by atoms with Crippen molar-refractivity contribution in [3.63, 3.8) is 0 Å². The topological polar surface area (TPSA) is 36.4 Å². The van der Waals surface area contributed by atoms with E-state index in [0.29, 0.717) is 5.41 Å². The zero-order chi connectivity index (χ0) is 14.7. The lowest BCUT2D eigenvalue weighted by Gasteiger charge is -2.18. The van der Waals surface area contributed by atoms with Crippen LogP contribution in [0.3, 0.4) is 0 Å². The average Bonchev–Trinajstić information content (AvgIpc) is 3.38. The molecule has 2 aliphatic carbocycles. The molecule has 3 rings (SSSR count). The Morgan fingerprint density at radius 3 is 2.45 bits per heavy atom. The highest BCUT2D eigenvalue weighted by Crippen LogP contribution is 2.60. The molecule has 5 heteroatoms. The van der Waals surface area contributed by atoms with Crippen molar-refractivity contribution in [1.29, 1.82) is 0 Å². The number of nitrogens with zero attached hydrogens (tertiary/aromatic N) is 1. The van der Waals surface area contributed by atoms with Crippen molar-refractivity contribution in [2.24, 2.45) is 16.3 Å². The van der Waals surface area contributed by atoms with Gasteiger partial charge in [-0.15, -0.1) is 24.0 Å². The predicted molar refractivity (Wildman–Crippen MR) is 99.3 cm³/mol. The molecule has 3 nitrogen and oxygen atoms in total. The molecule has 1 aromatic carbocycles. The van der Waals surface area contributed by atoms with Crippen molar-refractivity contribution < 1.29 is 4.39 Å². The lowest BCUT2D eigenvalue weighted by molar-refractivity contribution is 0.431. The fourth-order valence-corrected chi connectivity index (χ4v) is 3.04. The van der Waals surface area contributed by atoms with Crippen LogP contribution in [0.2, 0.25) is 0 Å². The smallest absolute Gasteiger partial charge is 0.191 e. The second-order valence-corrected chi connectivity index (χ2v) is 6.37. The minimum Gasteiger partial charge on any atom is -0.356 e. The van der Waals surface area contributed by atoms with Crippen LogP contribution in [0.15, 0.2) is 29.3 Å². The number of hydrogen-bond acceptors (Lipinski definition) is 1. The van der Waals surface area contributed by atoms with Gasteiger partial charge in [0.1, 0.15) is 5.82 Å². The van der Waals surface area contributed by atoms with Crippen LogP contribution in [0.5, 0.6) is 0 Å². The Kier molecular flexibility index (Phi) is 6.06. The van der Waals surface area contributed by atoms with Crippen LogP contribution < -0.4 is 10.6 Å². The number of nitrogens with one attached hydrogen (secondary N) is 2. The van der Waals surface area contributed by atoms with Gasteiger partial charge in [-0.1, -0.05) is 12.1 Å². The summed E-state index contributed by atoms with van der Waals surface area (Å²) in [7, 11) is 1.81. The third kappa shape index (κ3) is 4.57. The highest BCUT2D eigenvalue weighted by Gasteiger charge is 2.53. The van der Waals surface area contributed by atoms with Crippen LogP contribution in [-0.4, -0.2) is 26.1 Å². The standard InChI is InChI=1S/C17H24FN3.HI/c1-19-16(21-12-17(9-10-17)14-4-5-14)20-11-8-13-2-6-15(18)7-3-13;/h2-3,6-7,14H,4-5,8-12H2,1H3,(H2,19,20,21);1H. The summed E-state index contributed by atoms with van der Waals surface area (Å²) in [5.74, 6) is 1.66. The van der Waals surface area contributed by atoms with Crippen molar-refractivity contribution in [2.75, 3.05) is 20.1 Å². The van der Waals surface area contributed by atoms with Crippen molar-refractivity contribution in [3.8, 4) is 0 Å². The summed E-state index contributed by atoms with van der Waals surface area (Å²) in [5.41, 5.74) is 1.71. The first kappa shape index (κ1) is 17.5. The van der Waals surface area contributed by atoms with E-state index in [-0.39, 0.29) is 29.8 Å². The third-order valence-corrected chi connectivity index (χ3v) is 4.79. The van der Waals surface area contributed by atoms with E-state index in [4.69, 9.17) is 0 Å². The van der Waals surface area contributed by atoms with E-state index < -0.39 is 0 Å². The SMILES string of the molecule is CN=C(NCCc1ccc(F)cc1)NCC1(C2CC2)CC1.I. The van der Waals surface area contributed by atoms with Gasteiger partial charge < -0.3 is 10.6 Å². The molecule has 0 aliphatic heterocycles. The number of halogens is 2. The lowest BCUT2D eigenvalue weighted by atomic mass is 10.0. The van der Waals surface area contributed by atoms with Crippen LogP contribution in [0.4, 0.5) is 4.39 Å². The summed E-state index contributed by atoms with van der Waals surface area (Å²) >= 11 is 0. The minimum absolute atomic E-state index is 0. The third-order valence-electron chi connectivity index (χ3n) is 4.79. The Labute approximate surface area is 149 Å². The first-order valence-electron chi connectivity index (χ1n) is 7.91. The van der Waals surface area contributed by atoms with Crippen LogP contribution in [0.25, 0.3) is 0 Å². The molecular formula is C17H25FIN3. The molecule has 0 amide bonds. The van der Waals surface area contributed by atoms with Crippen molar-refractivity contribution in [3.05, 3.63) is 35.6 Å². The fourth-order valence-electron chi connectivity index (χ4n) is 3.04. The number of rotatable bonds is 6. The second-order valence-electron chi connectivity index (χ2n) is 6.37. The zero-order valence-corrected chi connectivity index (χ0v) is 15.4. The Morgan fingerprint density at radius 1 is 1.23 bits per heavy atom. The molecule has 22 heavy (non-hydrogen) atoms. The van der Waals surface area contributed by atoms with Gasteiger partial charge in [0.2, 0.25) is 0 Å². The van der Waals surface area contributed by atoms with E-state index in [0.717, 1.165) is 37.0 Å². The van der Waals surface area contributed by atoms with Gasteiger partial charge in [-0.05, 0) is 61.1 Å². The van der Waals surface area contributed by atoms with Gasteiger partial charge >= 0.3 is 0 Å². The van der Waals surface area contributed by atoms with Gasteiger partial charge in [0.05, 0.1) is 0 Å². The minimum atomic E-state index is -0.181. The van der Waals surface area contributed by atoms with E-state index in [9.17, 15) is 4.39 Å². The monoisotopic (exact) mass is 417 g/mol. The maximum absolute atomic E-state index is 12.8. The molecular weight excluding hydrogens is 392 g/mol. The predicted octanol–water partition coefficient (Wildman–Crippen LogP) is 3.34. The molecule has 0 atom stereocenters. The van der Waals surface area contributed by atoms with Crippen molar-refractivity contribution in [1.82, 2.24) is 10.6 Å².